The zero-order valence-corrected chi connectivity index (χ0v) is 16.0. The van der Waals surface area contributed by atoms with Crippen LogP contribution in [-0.4, -0.2) is 61.9 Å². The van der Waals surface area contributed by atoms with Crippen LogP contribution in [0.4, 0.5) is 0 Å². The minimum absolute atomic E-state index is 0.246. The smallest absolute Gasteiger partial charge is 0.243 e. The van der Waals surface area contributed by atoms with E-state index in [-0.39, 0.29) is 11.5 Å². The summed E-state index contributed by atoms with van der Waals surface area (Å²) < 4.78 is 33.4. The number of rotatable bonds is 5. The van der Waals surface area contributed by atoms with Crippen LogP contribution < -0.4 is 0 Å². The lowest BCUT2D eigenvalue weighted by Gasteiger charge is -2.49. The monoisotopic (exact) mass is 378 g/mol. The zero-order valence-electron chi connectivity index (χ0n) is 15.2. The van der Waals surface area contributed by atoms with E-state index >= 15 is 0 Å². The van der Waals surface area contributed by atoms with E-state index in [1.165, 1.54) is 4.31 Å². The number of carbonyl (C=O) groups excluding carboxylic acids is 1. The topological polar surface area (TPSA) is 66.9 Å². The molecule has 7 heteroatoms. The highest BCUT2D eigenvalue weighted by atomic mass is 32.2. The largest absolute Gasteiger partial charge is 0.372 e. The maximum atomic E-state index is 12.9. The molecule has 1 atom stereocenters. The summed E-state index contributed by atoms with van der Waals surface area (Å²) in [4.78, 5) is 14.1. The molecule has 1 spiro atoms. The van der Waals surface area contributed by atoms with Crippen molar-refractivity contribution in [2.24, 2.45) is 5.92 Å². The number of hydrogen-bond donors (Lipinski definition) is 0. The number of aryl methyl sites for hydroxylation is 1. The van der Waals surface area contributed by atoms with Crippen molar-refractivity contribution in [2.75, 3.05) is 32.8 Å². The van der Waals surface area contributed by atoms with E-state index in [1.807, 2.05) is 24.0 Å². The molecule has 4 rings (SSSR count). The summed E-state index contributed by atoms with van der Waals surface area (Å²) in [6, 6.07) is 7.10. The van der Waals surface area contributed by atoms with Crippen LogP contribution in [0.5, 0.6) is 0 Å². The van der Waals surface area contributed by atoms with Crippen molar-refractivity contribution in [2.45, 2.75) is 43.1 Å². The molecule has 3 heterocycles. The van der Waals surface area contributed by atoms with E-state index in [0.717, 1.165) is 37.9 Å². The fourth-order valence-corrected chi connectivity index (χ4v) is 6.28. The van der Waals surface area contributed by atoms with Gasteiger partial charge in [-0.1, -0.05) is 18.2 Å². The first kappa shape index (κ1) is 17.9. The molecule has 6 nitrogen and oxygen atoms in total. The molecular weight excluding hydrogens is 352 g/mol. The van der Waals surface area contributed by atoms with Crippen LogP contribution >= 0.6 is 0 Å². The van der Waals surface area contributed by atoms with Gasteiger partial charge in [0.15, 0.2) is 0 Å². The molecule has 0 aromatic heterocycles. The fraction of sp³-hybridized carbons (Fsp3) is 0.632. The Kier molecular flexibility index (Phi) is 4.57. The van der Waals surface area contributed by atoms with Crippen LogP contribution in [0.1, 0.15) is 31.2 Å². The summed E-state index contributed by atoms with van der Waals surface area (Å²) in [6.07, 6.45) is 3.45. The van der Waals surface area contributed by atoms with Gasteiger partial charge in [0.25, 0.3) is 0 Å². The van der Waals surface area contributed by atoms with Gasteiger partial charge in [-0.25, -0.2) is 8.42 Å². The maximum Gasteiger partial charge on any atom is 0.243 e. The summed E-state index contributed by atoms with van der Waals surface area (Å²) in [5, 5.41) is 0. The standard InChI is InChI=1S/C19H26N2O4S/c1-15-5-2-3-6-17(15)26(23,24)21-13-19(14-21)16(9-12-25-19)8-11-20-10-4-7-18(20)22/h2-3,5-6,16H,4,7-14H2,1H3/t16-/m1/s1. The minimum Gasteiger partial charge on any atom is -0.372 e. The highest BCUT2D eigenvalue weighted by Gasteiger charge is 2.56. The van der Waals surface area contributed by atoms with Crippen LogP contribution in [0, 0.1) is 12.8 Å². The van der Waals surface area contributed by atoms with Crippen molar-refractivity contribution < 1.29 is 17.9 Å². The van der Waals surface area contributed by atoms with Gasteiger partial charge in [-0.2, -0.15) is 4.31 Å². The Labute approximate surface area is 155 Å². The van der Waals surface area contributed by atoms with Crippen LogP contribution in [0.2, 0.25) is 0 Å². The van der Waals surface area contributed by atoms with E-state index in [0.29, 0.717) is 36.9 Å². The molecule has 0 radical (unpaired) electrons. The van der Waals surface area contributed by atoms with Crippen LogP contribution in [0.25, 0.3) is 0 Å². The summed E-state index contributed by atoms with van der Waals surface area (Å²) >= 11 is 0. The summed E-state index contributed by atoms with van der Waals surface area (Å²) in [6.45, 7) is 4.96. The Hall–Kier alpha value is -1.44. The maximum absolute atomic E-state index is 12.9. The van der Waals surface area contributed by atoms with Crippen LogP contribution in [-0.2, 0) is 19.6 Å². The summed E-state index contributed by atoms with van der Waals surface area (Å²) in [7, 11) is -3.47. The molecule has 1 aromatic carbocycles. The third-order valence-corrected chi connectivity index (χ3v) is 8.07. The molecule has 3 aliphatic rings. The van der Waals surface area contributed by atoms with E-state index in [9.17, 15) is 13.2 Å². The van der Waals surface area contributed by atoms with Crippen LogP contribution in [0.15, 0.2) is 29.2 Å². The average molecular weight is 378 g/mol. The third-order valence-electron chi connectivity index (χ3n) is 6.12. The van der Waals surface area contributed by atoms with E-state index in [2.05, 4.69) is 0 Å². The van der Waals surface area contributed by atoms with Gasteiger partial charge in [0.2, 0.25) is 15.9 Å². The molecule has 0 unspecified atom stereocenters. The molecule has 3 fully saturated rings. The number of benzene rings is 1. The molecule has 26 heavy (non-hydrogen) atoms. The van der Waals surface area contributed by atoms with Crippen molar-refractivity contribution in [1.29, 1.82) is 0 Å². The molecular formula is C19H26N2O4S. The quantitative estimate of drug-likeness (QED) is 0.783. The molecule has 3 saturated heterocycles. The van der Waals surface area contributed by atoms with Gasteiger partial charge in [0.05, 0.1) is 10.5 Å². The lowest BCUT2D eigenvalue weighted by Crippen LogP contribution is -2.66. The highest BCUT2D eigenvalue weighted by molar-refractivity contribution is 7.89. The van der Waals surface area contributed by atoms with Gasteiger partial charge in [-0.3, -0.25) is 4.79 Å². The summed E-state index contributed by atoms with van der Waals surface area (Å²) in [5.74, 6) is 0.564. The highest BCUT2D eigenvalue weighted by Crippen LogP contribution is 2.44. The van der Waals surface area contributed by atoms with Crippen molar-refractivity contribution in [3.63, 3.8) is 0 Å². The number of sulfonamides is 1. The normalized spacial score (nSPS) is 25.8. The second kappa shape index (κ2) is 6.62. The number of amides is 1. The second-order valence-electron chi connectivity index (χ2n) is 7.71. The zero-order chi connectivity index (χ0) is 18.4. The van der Waals surface area contributed by atoms with Gasteiger partial charge >= 0.3 is 0 Å². The van der Waals surface area contributed by atoms with E-state index in [1.54, 1.807) is 12.1 Å². The average Bonchev–Trinajstić information content (AvgIpc) is 3.17. The molecule has 0 N–H and O–H groups in total. The molecule has 0 saturated carbocycles. The second-order valence-corrected chi connectivity index (χ2v) is 9.62. The Morgan fingerprint density at radius 1 is 1.27 bits per heavy atom. The number of carbonyl (C=O) groups is 1. The molecule has 0 aliphatic carbocycles. The van der Waals surface area contributed by atoms with Crippen LogP contribution in [0.3, 0.4) is 0 Å². The van der Waals surface area contributed by atoms with Crippen molar-refractivity contribution in [3.05, 3.63) is 29.8 Å². The Morgan fingerprint density at radius 2 is 2.04 bits per heavy atom. The van der Waals surface area contributed by atoms with E-state index < -0.39 is 10.0 Å². The molecule has 1 amide bonds. The van der Waals surface area contributed by atoms with Gasteiger partial charge in [-0.05, 0) is 43.7 Å². The number of hydrogen-bond acceptors (Lipinski definition) is 4. The predicted octanol–water partition coefficient (Wildman–Crippen LogP) is 1.79. The van der Waals surface area contributed by atoms with E-state index in [4.69, 9.17) is 4.74 Å². The van der Waals surface area contributed by atoms with Gasteiger partial charge in [0.1, 0.15) is 0 Å². The number of ether oxygens (including phenoxy) is 1. The first-order valence-electron chi connectivity index (χ1n) is 9.40. The minimum atomic E-state index is -3.47. The first-order chi connectivity index (χ1) is 12.4. The number of nitrogens with zero attached hydrogens (tertiary/aromatic N) is 2. The van der Waals surface area contributed by atoms with Gasteiger partial charge < -0.3 is 9.64 Å². The molecule has 142 valence electrons. The SMILES string of the molecule is Cc1ccccc1S(=O)(=O)N1CC2(C1)OCC[C@H]2CCN1CCCC1=O. The fourth-order valence-electron chi connectivity index (χ4n) is 4.50. The van der Waals surface area contributed by atoms with Gasteiger partial charge in [-0.15, -0.1) is 0 Å². The third kappa shape index (κ3) is 2.96. The Balaban J connectivity index is 1.42. The van der Waals surface area contributed by atoms with Crippen molar-refractivity contribution in [3.8, 4) is 0 Å². The Bertz CT molecular complexity index is 802. The molecule has 3 aliphatic heterocycles. The molecule has 0 bridgehead atoms. The van der Waals surface area contributed by atoms with Gasteiger partial charge in [0, 0.05) is 39.2 Å². The Morgan fingerprint density at radius 3 is 2.73 bits per heavy atom. The lowest BCUT2D eigenvalue weighted by atomic mass is 9.80. The molecule has 1 aromatic rings. The first-order valence-corrected chi connectivity index (χ1v) is 10.8. The van der Waals surface area contributed by atoms with Crippen molar-refractivity contribution in [1.82, 2.24) is 9.21 Å². The number of likely N-dealkylation sites (tertiary alicyclic amines) is 1. The van der Waals surface area contributed by atoms with Crippen molar-refractivity contribution >= 4 is 15.9 Å². The lowest BCUT2D eigenvalue weighted by molar-refractivity contribution is -0.128. The predicted molar refractivity (Wildman–Crippen MR) is 97.2 cm³/mol. The summed E-state index contributed by atoms with van der Waals surface area (Å²) in [5.41, 5.74) is 0.406.